The Balaban J connectivity index is 1.76. The van der Waals surface area contributed by atoms with E-state index >= 15 is 0 Å². The molecule has 1 fully saturated rings. The Hall–Kier alpha value is -1.83. The van der Waals surface area contributed by atoms with Crippen molar-refractivity contribution in [2.75, 3.05) is 38.3 Å². The van der Waals surface area contributed by atoms with Gasteiger partial charge in [0.05, 0.1) is 17.9 Å². The Labute approximate surface area is 159 Å². The van der Waals surface area contributed by atoms with E-state index in [0.29, 0.717) is 0 Å². The van der Waals surface area contributed by atoms with Crippen molar-refractivity contribution in [3.63, 3.8) is 0 Å². The van der Waals surface area contributed by atoms with E-state index in [1.165, 1.54) is 0 Å². The first-order valence-corrected chi connectivity index (χ1v) is 10.1. The van der Waals surface area contributed by atoms with Crippen LogP contribution in [0.15, 0.2) is 35.5 Å². The van der Waals surface area contributed by atoms with E-state index in [9.17, 15) is 4.79 Å². The van der Waals surface area contributed by atoms with Crippen molar-refractivity contribution in [1.29, 1.82) is 0 Å². The Morgan fingerprint density at radius 2 is 2.23 bits per heavy atom. The summed E-state index contributed by atoms with van der Waals surface area (Å²) in [4.78, 5) is 15.9. The predicted octanol–water partition coefficient (Wildman–Crippen LogP) is 2.81. The third-order valence-corrected chi connectivity index (χ3v) is 5.53. The van der Waals surface area contributed by atoms with E-state index in [2.05, 4.69) is 45.9 Å². The average molecular weight is 374 g/mol. The number of anilines is 1. The average Bonchev–Trinajstić information content (AvgIpc) is 3.18. The molecular formula is C19H27N5OS. The fourth-order valence-electron chi connectivity index (χ4n) is 2.97. The molecule has 3 rings (SSSR count). The summed E-state index contributed by atoms with van der Waals surface area (Å²) in [5.41, 5.74) is 3.03. The first-order chi connectivity index (χ1) is 12.6. The van der Waals surface area contributed by atoms with Gasteiger partial charge < -0.3 is 15.5 Å². The zero-order chi connectivity index (χ0) is 18.4. The highest BCUT2D eigenvalue weighted by molar-refractivity contribution is 7.99. The van der Waals surface area contributed by atoms with Crippen LogP contribution in [-0.2, 0) is 4.79 Å². The van der Waals surface area contributed by atoms with Crippen LogP contribution in [0.1, 0.15) is 19.3 Å². The molecule has 0 bridgehead atoms. The fraction of sp³-hybridized carbons (Fsp3) is 0.474. The summed E-state index contributed by atoms with van der Waals surface area (Å²) in [6, 6.07) is 6.08. The summed E-state index contributed by atoms with van der Waals surface area (Å²) >= 11 is 1.77. The number of carbonyl (C=O) groups excluding carboxylic acids is 1. The van der Waals surface area contributed by atoms with E-state index in [-0.39, 0.29) is 11.9 Å². The number of nitrogens with zero attached hydrogens (tertiary/aromatic N) is 2. The molecule has 7 heteroatoms. The van der Waals surface area contributed by atoms with E-state index in [0.717, 1.165) is 59.8 Å². The van der Waals surface area contributed by atoms with Gasteiger partial charge >= 0.3 is 0 Å². The number of rotatable bonds is 7. The van der Waals surface area contributed by atoms with Crippen molar-refractivity contribution in [3.05, 3.63) is 30.6 Å². The molecule has 1 aromatic heterocycles. The number of hydrogen-bond acceptors (Lipinski definition) is 5. The van der Waals surface area contributed by atoms with Gasteiger partial charge in [-0.2, -0.15) is 5.10 Å². The van der Waals surface area contributed by atoms with Crippen molar-refractivity contribution in [3.8, 4) is 11.1 Å². The van der Waals surface area contributed by atoms with Crippen LogP contribution in [0.2, 0.25) is 0 Å². The molecule has 1 saturated heterocycles. The smallest absolute Gasteiger partial charge is 0.241 e. The van der Waals surface area contributed by atoms with Crippen molar-refractivity contribution in [2.24, 2.45) is 0 Å². The van der Waals surface area contributed by atoms with Crippen LogP contribution in [0.25, 0.3) is 11.1 Å². The van der Waals surface area contributed by atoms with Gasteiger partial charge in [0.25, 0.3) is 0 Å². The number of H-pyrrole nitrogens is 1. The van der Waals surface area contributed by atoms with Crippen LogP contribution >= 0.6 is 11.8 Å². The number of aromatic nitrogens is 2. The van der Waals surface area contributed by atoms with Crippen LogP contribution in [0, 0.1) is 0 Å². The van der Waals surface area contributed by atoms with Crippen LogP contribution in [0.3, 0.4) is 0 Å². The standard InChI is InChI=1S/C19H27N5OS/c1-24(2)9-10-26-18-11-14(15-12-21-22-13-15)6-7-16(18)23-19(25)17-5-3-4-8-20-17/h6-7,11-13,17,20H,3-5,8-10H2,1-2H3,(H,21,22)(H,23,25). The molecule has 6 nitrogen and oxygen atoms in total. The van der Waals surface area contributed by atoms with E-state index in [4.69, 9.17) is 0 Å². The largest absolute Gasteiger partial charge is 0.324 e. The van der Waals surface area contributed by atoms with Crippen LogP contribution < -0.4 is 10.6 Å². The van der Waals surface area contributed by atoms with Gasteiger partial charge in [0.15, 0.2) is 0 Å². The third-order valence-electron chi connectivity index (χ3n) is 4.49. The lowest BCUT2D eigenvalue weighted by Gasteiger charge is -2.23. The lowest BCUT2D eigenvalue weighted by atomic mass is 10.0. The maximum absolute atomic E-state index is 12.6. The molecule has 0 aliphatic carbocycles. The first-order valence-electron chi connectivity index (χ1n) is 9.08. The maximum atomic E-state index is 12.6. The lowest BCUT2D eigenvalue weighted by molar-refractivity contribution is -0.118. The normalized spacial score (nSPS) is 17.4. The van der Waals surface area contributed by atoms with Gasteiger partial charge in [-0.3, -0.25) is 9.89 Å². The minimum atomic E-state index is -0.0862. The molecule has 1 aliphatic rings. The third kappa shape index (κ3) is 5.09. The fourth-order valence-corrected chi connectivity index (χ4v) is 4.13. The van der Waals surface area contributed by atoms with Crippen LogP contribution in [0.5, 0.6) is 0 Å². The molecular weight excluding hydrogens is 346 g/mol. The predicted molar refractivity (Wildman–Crippen MR) is 108 cm³/mol. The minimum Gasteiger partial charge on any atom is -0.324 e. The zero-order valence-electron chi connectivity index (χ0n) is 15.4. The number of aromatic amines is 1. The summed E-state index contributed by atoms with van der Waals surface area (Å²) in [6.45, 7) is 1.90. The number of thioether (sulfide) groups is 1. The van der Waals surface area contributed by atoms with Crippen molar-refractivity contribution < 1.29 is 4.79 Å². The molecule has 140 valence electrons. The minimum absolute atomic E-state index is 0.0650. The monoisotopic (exact) mass is 373 g/mol. The molecule has 2 aromatic rings. The van der Waals surface area contributed by atoms with Gasteiger partial charge in [-0.05, 0) is 51.2 Å². The van der Waals surface area contributed by atoms with Gasteiger partial charge in [-0.25, -0.2) is 0 Å². The van der Waals surface area contributed by atoms with E-state index in [1.54, 1.807) is 11.8 Å². The van der Waals surface area contributed by atoms with Gasteiger partial charge in [-0.15, -0.1) is 11.8 Å². The Kier molecular flexibility index (Phi) is 6.71. The molecule has 0 radical (unpaired) electrons. The van der Waals surface area contributed by atoms with Gasteiger partial charge in [0, 0.05) is 29.0 Å². The Morgan fingerprint density at radius 3 is 2.92 bits per heavy atom. The second-order valence-corrected chi connectivity index (χ2v) is 7.98. The molecule has 2 heterocycles. The second-order valence-electron chi connectivity index (χ2n) is 6.84. The summed E-state index contributed by atoms with van der Waals surface area (Å²) in [7, 11) is 4.14. The van der Waals surface area contributed by atoms with Gasteiger partial charge in [0.1, 0.15) is 0 Å². The number of nitrogens with one attached hydrogen (secondary N) is 3. The van der Waals surface area contributed by atoms with Gasteiger partial charge in [-0.1, -0.05) is 12.5 Å². The molecule has 26 heavy (non-hydrogen) atoms. The summed E-state index contributed by atoms with van der Waals surface area (Å²) in [5, 5.41) is 13.3. The maximum Gasteiger partial charge on any atom is 0.241 e. The summed E-state index contributed by atoms with van der Waals surface area (Å²) < 4.78 is 0. The highest BCUT2D eigenvalue weighted by Crippen LogP contribution is 2.32. The number of hydrogen-bond donors (Lipinski definition) is 3. The quantitative estimate of drug-likeness (QED) is 0.651. The molecule has 1 unspecified atom stereocenters. The topological polar surface area (TPSA) is 73.0 Å². The van der Waals surface area contributed by atoms with Crippen LogP contribution in [-0.4, -0.2) is 60.0 Å². The summed E-state index contributed by atoms with van der Waals surface area (Å²) in [5.74, 6) is 1.03. The first kappa shape index (κ1) is 18.9. The second kappa shape index (κ2) is 9.21. The van der Waals surface area contributed by atoms with Gasteiger partial charge in [0.2, 0.25) is 5.91 Å². The molecule has 0 saturated carbocycles. The Bertz CT molecular complexity index is 711. The molecule has 1 atom stereocenters. The highest BCUT2D eigenvalue weighted by atomic mass is 32.2. The van der Waals surface area contributed by atoms with Crippen LogP contribution in [0.4, 0.5) is 5.69 Å². The Morgan fingerprint density at radius 1 is 1.35 bits per heavy atom. The van der Waals surface area contributed by atoms with E-state index < -0.39 is 0 Å². The van der Waals surface area contributed by atoms with Crippen molar-refractivity contribution in [1.82, 2.24) is 20.4 Å². The number of benzene rings is 1. The molecule has 1 aromatic carbocycles. The lowest BCUT2D eigenvalue weighted by Crippen LogP contribution is -2.43. The van der Waals surface area contributed by atoms with E-state index in [1.807, 2.05) is 24.5 Å². The van der Waals surface area contributed by atoms with Crippen molar-refractivity contribution >= 4 is 23.4 Å². The van der Waals surface area contributed by atoms with Crippen molar-refractivity contribution in [2.45, 2.75) is 30.2 Å². The molecule has 0 spiro atoms. The zero-order valence-corrected chi connectivity index (χ0v) is 16.2. The summed E-state index contributed by atoms with van der Waals surface area (Å²) in [6.07, 6.45) is 6.85. The highest BCUT2D eigenvalue weighted by Gasteiger charge is 2.21. The SMILES string of the molecule is CN(C)CCSc1cc(-c2cn[nH]c2)ccc1NC(=O)C1CCCCN1. The molecule has 1 amide bonds. The molecule has 1 aliphatic heterocycles. The number of amides is 1. The number of piperidine rings is 1. The number of carbonyl (C=O) groups is 1. The molecule has 3 N–H and O–H groups in total.